The van der Waals surface area contributed by atoms with Gasteiger partial charge in [0.25, 0.3) is 0 Å². The molecule has 2 N–H and O–H groups in total. The molecule has 0 radical (unpaired) electrons. The molecule has 1 heterocycles. The lowest BCUT2D eigenvalue weighted by molar-refractivity contribution is -0.120. The molecule has 0 spiro atoms. The summed E-state index contributed by atoms with van der Waals surface area (Å²) in [5.41, 5.74) is 0.864. The SMILES string of the molecule is CCNC(=O)CCNCc1cc(C)on1. The molecule has 0 aromatic carbocycles. The summed E-state index contributed by atoms with van der Waals surface area (Å²) in [6, 6.07) is 1.87. The van der Waals surface area contributed by atoms with E-state index in [4.69, 9.17) is 4.52 Å². The number of rotatable bonds is 6. The topological polar surface area (TPSA) is 67.2 Å². The number of carbonyl (C=O) groups excluding carboxylic acids is 1. The molecule has 0 bridgehead atoms. The standard InChI is InChI=1S/C10H17N3O2/c1-3-12-10(14)4-5-11-7-9-6-8(2)15-13-9/h6,11H,3-5,7H2,1-2H3,(H,12,14). The van der Waals surface area contributed by atoms with Gasteiger partial charge in [-0.2, -0.15) is 0 Å². The van der Waals surface area contributed by atoms with Crippen LogP contribution in [0.4, 0.5) is 0 Å². The quantitative estimate of drug-likeness (QED) is 0.676. The van der Waals surface area contributed by atoms with Crippen LogP contribution in [0.3, 0.4) is 0 Å². The Balaban J connectivity index is 2.09. The van der Waals surface area contributed by atoms with Crippen molar-refractivity contribution in [1.82, 2.24) is 15.8 Å². The highest BCUT2D eigenvalue weighted by Gasteiger charge is 2.01. The molecule has 0 unspecified atom stereocenters. The Hall–Kier alpha value is -1.36. The predicted octanol–water partition coefficient (Wildman–Crippen LogP) is 0.599. The van der Waals surface area contributed by atoms with Gasteiger partial charge in [0.2, 0.25) is 5.91 Å². The van der Waals surface area contributed by atoms with Gasteiger partial charge >= 0.3 is 0 Å². The molecule has 1 aromatic rings. The van der Waals surface area contributed by atoms with Crippen molar-refractivity contribution < 1.29 is 9.32 Å². The van der Waals surface area contributed by atoms with Gasteiger partial charge in [-0.25, -0.2) is 0 Å². The zero-order valence-electron chi connectivity index (χ0n) is 9.17. The van der Waals surface area contributed by atoms with E-state index in [1.54, 1.807) is 0 Å². The van der Waals surface area contributed by atoms with Crippen molar-refractivity contribution in [3.8, 4) is 0 Å². The summed E-state index contributed by atoms with van der Waals surface area (Å²) >= 11 is 0. The van der Waals surface area contributed by atoms with Crippen LogP contribution in [-0.4, -0.2) is 24.2 Å². The van der Waals surface area contributed by atoms with Crippen LogP contribution in [-0.2, 0) is 11.3 Å². The van der Waals surface area contributed by atoms with E-state index in [1.807, 2.05) is 19.9 Å². The second-order valence-corrected chi connectivity index (χ2v) is 3.31. The Morgan fingerprint density at radius 3 is 3.00 bits per heavy atom. The Bertz CT molecular complexity index is 309. The van der Waals surface area contributed by atoms with Gasteiger partial charge in [0.1, 0.15) is 5.76 Å². The average Bonchev–Trinajstić information content (AvgIpc) is 2.60. The number of hydrogen-bond acceptors (Lipinski definition) is 4. The number of carbonyl (C=O) groups is 1. The maximum Gasteiger partial charge on any atom is 0.221 e. The van der Waals surface area contributed by atoms with Gasteiger partial charge in [-0.05, 0) is 13.8 Å². The van der Waals surface area contributed by atoms with Crippen molar-refractivity contribution in [2.24, 2.45) is 0 Å². The first kappa shape index (κ1) is 11.7. The highest BCUT2D eigenvalue weighted by molar-refractivity contribution is 5.75. The highest BCUT2D eigenvalue weighted by Crippen LogP contribution is 2.00. The fourth-order valence-electron chi connectivity index (χ4n) is 1.21. The zero-order valence-corrected chi connectivity index (χ0v) is 9.17. The number of aromatic nitrogens is 1. The lowest BCUT2D eigenvalue weighted by atomic mass is 10.3. The normalized spacial score (nSPS) is 10.3. The van der Waals surface area contributed by atoms with E-state index in [1.165, 1.54) is 0 Å². The van der Waals surface area contributed by atoms with Crippen LogP contribution in [0.15, 0.2) is 10.6 Å². The molecule has 0 fully saturated rings. The van der Waals surface area contributed by atoms with E-state index in [-0.39, 0.29) is 5.91 Å². The molecule has 5 nitrogen and oxygen atoms in total. The van der Waals surface area contributed by atoms with Gasteiger partial charge in [-0.1, -0.05) is 5.16 Å². The Morgan fingerprint density at radius 2 is 2.40 bits per heavy atom. The van der Waals surface area contributed by atoms with Crippen molar-refractivity contribution in [1.29, 1.82) is 0 Å². The lowest BCUT2D eigenvalue weighted by Crippen LogP contribution is -2.27. The highest BCUT2D eigenvalue weighted by atomic mass is 16.5. The number of nitrogens with zero attached hydrogens (tertiary/aromatic N) is 1. The molecule has 0 aliphatic rings. The van der Waals surface area contributed by atoms with E-state index >= 15 is 0 Å². The summed E-state index contributed by atoms with van der Waals surface area (Å²) in [5.74, 6) is 0.872. The van der Waals surface area contributed by atoms with Gasteiger partial charge in [-0.3, -0.25) is 4.79 Å². The second-order valence-electron chi connectivity index (χ2n) is 3.31. The van der Waals surface area contributed by atoms with E-state index in [9.17, 15) is 4.79 Å². The van der Waals surface area contributed by atoms with Crippen LogP contribution in [0.2, 0.25) is 0 Å². The molecule has 15 heavy (non-hydrogen) atoms. The Kier molecular flexibility index (Phi) is 4.83. The zero-order chi connectivity index (χ0) is 11.1. The first-order valence-electron chi connectivity index (χ1n) is 5.12. The van der Waals surface area contributed by atoms with Crippen molar-refractivity contribution in [3.05, 3.63) is 17.5 Å². The Labute approximate surface area is 89.2 Å². The molecule has 1 amide bonds. The minimum absolute atomic E-state index is 0.0707. The third kappa shape index (κ3) is 4.60. The first-order valence-corrected chi connectivity index (χ1v) is 5.12. The van der Waals surface area contributed by atoms with Crippen LogP contribution in [0.25, 0.3) is 0 Å². The molecule has 5 heteroatoms. The number of aryl methyl sites for hydroxylation is 1. The molecule has 84 valence electrons. The number of hydrogen-bond donors (Lipinski definition) is 2. The van der Waals surface area contributed by atoms with Gasteiger partial charge in [0, 0.05) is 32.1 Å². The Morgan fingerprint density at radius 1 is 1.60 bits per heavy atom. The van der Waals surface area contributed by atoms with Gasteiger partial charge in [0.15, 0.2) is 0 Å². The van der Waals surface area contributed by atoms with Crippen LogP contribution in [0.1, 0.15) is 24.8 Å². The molecule has 0 aliphatic carbocycles. The van der Waals surface area contributed by atoms with Crippen molar-refractivity contribution in [2.75, 3.05) is 13.1 Å². The largest absolute Gasteiger partial charge is 0.361 e. The molecule has 1 rings (SSSR count). The third-order valence-electron chi connectivity index (χ3n) is 1.89. The van der Waals surface area contributed by atoms with Crippen molar-refractivity contribution in [3.63, 3.8) is 0 Å². The fourth-order valence-corrected chi connectivity index (χ4v) is 1.21. The minimum Gasteiger partial charge on any atom is -0.361 e. The van der Waals surface area contributed by atoms with E-state index in [2.05, 4.69) is 15.8 Å². The van der Waals surface area contributed by atoms with Crippen molar-refractivity contribution in [2.45, 2.75) is 26.8 Å². The molecule has 0 atom stereocenters. The van der Waals surface area contributed by atoms with Gasteiger partial charge in [0.05, 0.1) is 5.69 Å². The van der Waals surface area contributed by atoms with E-state index in [0.717, 1.165) is 11.5 Å². The van der Waals surface area contributed by atoms with Crippen molar-refractivity contribution >= 4 is 5.91 Å². The van der Waals surface area contributed by atoms with Crippen LogP contribution in [0, 0.1) is 6.92 Å². The lowest BCUT2D eigenvalue weighted by Gasteiger charge is -2.02. The fraction of sp³-hybridized carbons (Fsp3) is 0.600. The molecule has 1 aromatic heterocycles. The first-order chi connectivity index (χ1) is 7.22. The summed E-state index contributed by atoms with van der Waals surface area (Å²) in [6.45, 7) is 5.73. The van der Waals surface area contributed by atoms with E-state index < -0.39 is 0 Å². The van der Waals surface area contributed by atoms with E-state index in [0.29, 0.717) is 26.1 Å². The minimum atomic E-state index is 0.0707. The summed E-state index contributed by atoms with van der Waals surface area (Å²) in [5, 5.41) is 9.69. The molecular formula is C10H17N3O2. The summed E-state index contributed by atoms with van der Waals surface area (Å²) in [6.07, 6.45) is 0.491. The average molecular weight is 211 g/mol. The molecule has 0 aliphatic heterocycles. The molecule has 0 saturated carbocycles. The summed E-state index contributed by atoms with van der Waals surface area (Å²) < 4.78 is 4.91. The maximum absolute atomic E-state index is 11.1. The summed E-state index contributed by atoms with van der Waals surface area (Å²) in [7, 11) is 0. The number of nitrogens with one attached hydrogen (secondary N) is 2. The molecular weight excluding hydrogens is 194 g/mol. The maximum atomic E-state index is 11.1. The summed E-state index contributed by atoms with van der Waals surface area (Å²) in [4.78, 5) is 11.1. The second kappa shape index (κ2) is 6.19. The predicted molar refractivity (Wildman–Crippen MR) is 56.2 cm³/mol. The third-order valence-corrected chi connectivity index (χ3v) is 1.89. The molecule has 0 saturated heterocycles. The van der Waals surface area contributed by atoms with Crippen LogP contribution < -0.4 is 10.6 Å². The smallest absolute Gasteiger partial charge is 0.221 e. The van der Waals surface area contributed by atoms with Gasteiger partial charge in [-0.15, -0.1) is 0 Å². The van der Waals surface area contributed by atoms with Gasteiger partial charge < -0.3 is 15.2 Å². The van der Waals surface area contributed by atoms with Crippen LogP contribution in [0.5, 0.6) is 0 Å². The van der Waals surface area contributed by atoms with Crippen LogP contribution >= 0.6 is 0 Å². The monoisotopic (exact) mass is 211 g/mol. The number of amides is 1.